The molecule has 162 valence electrons. The third kappa shape index (κ3) is 3.96. The average molecular weight is 431 g/mol. The monoisotopic (exact) mass is 431 g/mol. The van der Waals surface area contributed by atoms with E-state index in [-0.39, 0.29) is 17.9 Å². The fraction of sp³-hybridized carbons (Fsp3) is 0.261. The van der Waals surface area contributed by atoms with Gasteiger partial charge in [0.25, 0.3) is 5.91 Å². The number of likely N-dealkylation sites (tertiary alicyclic amines) is 1. The number of aryl methyl sites for hydroxylation is 1. The molecule has 1 amide bonds. The molecule has 0 saturated carbocycles. The topological polar surface area (TPSA) is 121 Å². The third-order valence-corrected chi connectivity index (χ3v) is 5.27. The Hall–Kier alpha value is -4.03. The van der Waals surface area contributed by atoms with Crippen LogP contribution < -0.4 is 0 Å². The van der Waals surface area contributed by atoms with Crippen molar-refractivity contribution in [3.8, 4) is 34.6 Å². The number of carbonyl (C=O) groups excluding carboxylic acids is 1. The highest BCUT2D eigenvalue weighted by atomic mass is 16.4. The van der Waals surface area contributed by atoms with Crippen molar-refractivity contribution in [2.24, 2.45) is 0 Å². The molecule has 32 heavy (non-hydrogen) atoms. The zero-order valence-corrected chi connectivity index (χ0v) is 17.6. The summed E-state index contributed by atoms with van der Waals surface area (Å²) in [4.78, 5) is 34.0. The quantitative estimate of drug-likeness (QED) is 0.603. The van der Waals surface area contributed by atoms with Crippen LogP contribution in [0.15, 0.2) is 42.6 Å². The smallest absolute Gasteiger partial charge is 0.354 e. The van der Waals surface area contributed by atoms with Gasteiger partial charge in [0.15, 0.2) is 11.5 Å². The predicted octanol–water partition coefficient (Wildman–Crippen LogP) is 1.67. The molecule has 0 spiro atoms. The maximum absolute atomic E-state index is 12.1. The van der Waals surface area contributed by atoms with Gasteiger partial charge in [-0.05, 0) is 31.2 Å². The number of aliphatic hydroxyl groups is 1. The summed E-state index contributed by atoms with van der Waals surface area (Å²) in [6.45, 7) is 2.97. The van der Waals surface area contributed by atoms with E-state index in [1.165, 1.54) is 11.0 Å². The molecule has 2 aromatic heterocycles. The zero-order chi connectivity index (χ0) is 22.9. The Morgan fingerprint density at radius 2 is 2.06 bits per heavy atom. The summed E-state index contributed by atoms with van der Waals surface area (Å²) in [5, 5.41) is 24.3. The van der Waals surface area contributed by atoms with Gasteiger partial charge in [-0.3, -0.25) is 9.48 Å². The molecule has 3 aromatic rings. The number of carboxylic acids is 1. The van der Waals surface area contributed by atoms with E-state index in [9.17, 15) is 19.8 Å². The van der Waals surface area contributed by atoms with Crippen LogP contribution in [0, 0.1) is 11.8 Å². The minimum Gasteiger partial charge on any atom is -0.477 e. The van der Waals surface area contributed by atoms with Crippen molar-refractivity contribution in [1.82, 2.24) is 24.6 Å². The molecule has 0 unspecified atom stereocenters. The number of likely N-dealkylation sites (N-methyl/N-ethyl adjacent to an activating group) is 1. The van der Waals surface area contributed by atoms with Crippen molar-refractivity contribution >= 4 is 11.9 Å². The maximum Gasteiger partial charge on any atom is 0.354 e. The lowest BCUT2D eigenvalue weighted by Crippen LogP contribution is -2.37. The Morgan fingerprint density at radius 1 is 1.25 bits per heavy atom. The predicted molar refractivity (Wildman–Crippen MR) is 115 cm³/mol. The highest BCUT2D eigenvalue weighted by Crippen LogP contribution is 2.24. The molecule has 9 nitrogen and oxygen atoms in total. The first kappa shape index (κ1) is 21.2. The second-order valence-electron chi connectivity index (χ2n) is 7.47. The van der Waals surface area contributed by atoms with Crippen molar-refractivity contribution in [2.45, 2.75) is 25.5 Å². The third-order valence-electron chi connectivity index (χ3n) is 5.27. The van der Waals surface area contributed by atoms with Crippen molar-refractivity contribution < 1.29 is 19.8 Å². The first-order valence-corrected chi connectivity index (χ1v) is 10.1. The number of nitrogens with zero attached hydrogens (tertiary/aromatic N) is 5. The molecule has 1 aliphatic rings. The van der Waals surface area contributed by atoms with Gasteiger partial charge in [0.05, 0.1) is 11.4 Å². The van der Waals surface area contributed by atoms with Crippen LogP contribution in [-0.2, 0) is 11.3 Å². The average Bonchev–Trinajstić information content (AvgIpc) is 3.38. The second-order valence-corrected chi connectivity index (χ2v) is 7.47. The summed E-state index contributed by atoms with van der Waals surface area (Å²) in [6, 6.07) is 10.1. The SMILES string of the molecule is CCn1nccc1-c1cc(C(=O)O)nc(-c2cccc(C#C[C@]3(O)CCN(C)C3=O)c2)n1. The number of rotatable bonds is 4. The van der Waals surface area contributed by atoms with Crippen LogP contribution in [0.4, 0.5) is 0 Å². The molecule has 0 aliphatic carbocycles. The second kappa shape index (κ2) is 8.24. The first-order valence-electron chi connectivity index (χ1n) is 10.1. The van der Waals surface area contributed by atoms with Crippen LogP contribution in [0.1, 0.15) is 29.4 Å². The van der Waals surface area contributed by atoms with Crippen molar-refractivity contribution in [1.29, 1.82) is 0 Å². The Morgan fingerprint density at radius 3 is 2.75 bits per heavy atom. The van der Waals surface area contributed by atoms with E-state index in [1.54, 1.807) is 48.3 Å². The molecule has 0 bridgehead atoms. The summed E-state index contributed by atoms with van der Waals surface area (Å²) < 4.78 is 1.72. The van der Waals surface area contributed by atoms with Crippen LogP contribution in [-0.4, -0.2) is 65.9 Å². The van der Waals surface area contributed by atoms with Crippen LogP contribution in [0.2, 0.25) is 0 Å². The molecule has 4 rings (SSSR count). The van der Waals surface area contributed by atoms with Gasteiger partial charge in [-0.1, -0.05) is 24.0 Å². The molecule has 1 aromatic carbocycles. The van der Waals surface area contributed by atoms with Crippen LogP contribution in [0.3, 0.4) is 0 Å². The fourth-order valence-corrected chi connectivity index (χ4v) is 3.50. The molecule has 1 saturated heterocycles. The van der Waals surface area contributed by atoms with Gasteiger partial charge >= 0.3 is 5.97 Å². The highest BCUT2D eigenvalue weighted by molar-refractivity contribution is 5.90. The number of benzene rings is 1. The summed E-state index contributed by atoms with van der Waals surface area (Å²) in [6.07, 6.45) is 1.87. The van der Waals surface area contributed by atoms with E-state index >= 15 is 0 Å². The Kier molecular flexibility index (Phi) is 5.47. The number of carbonyl (C=O) groups is 2. The summed E-state index contributed by atoms with van der Waals surface area (Å²) in [5.41, 5.74) is 0.390. The summed E-state index contributed by atoms with van der Waals surface area (Å²) >= 11 is 0. The Bertz CT molecular complexity index is 1270. The molecule has 1 aliphatic heterocycles. The standard InChI is InChI=1S/C23H21N5O4/c1-3-28-19(8-11-24-28)17-14-18(21(29)30)26-20(25-17)16-6-4-5-15(13-16)7-9-23(32)10-12-27(2)22(23)31/h4-6,8,11,13-14,32H,3,10,12H2,1-2H3,(H,29,30)/t23-/m0/s1. The van der Waals surface area contributed by atoms with Crippen molar-refractivity contribution in [2.75, 3.05) is 13.6 Å². The summed E-state index contributed by atoms with van der Waals surface area (Å²) in [7, 11) is 1.62. The molecule has 0 radical (unpaired) electrons. The number of aromatic nitrogens is 4. The molecular formula is C23H21N5O4. The highest BCUT2D eigenvalue weighted by Gasteiger charge is 2.42. The van der Waals surface area contributed by atoms with E-state index in [1.807, 2.05) is 6.92 Å². The van der Waals surface area contributed by atoms with Gasteiger partial charge in [-0.2, -0.15) is 5.10 Å². The summed E-state index contributed by atoms with van der Waals surface area (Å²) in [5.74, 6) is 4.17. The number of aromatic carboxylic acids is 1. The van der Waals surface area contributed by atoms with Crippen molar-refractivity contribution in [3.05, 3.63) is 53.9 Å². The first-order chi connectivity index (χ1) is 15.3. The molecule has 3 heterocycles. The van der Waals surface area contributed by atoms with Crippen LogP contribution in [0.5, 0.6) is 0 Å². The van der Waals surface area contributed by atoms with E-state index in [4.69, 9.17) is 0 Å². The number of amides is 1. The van der Waals surface area contributed by atoms with E-state index in [0.29, 0.717) is 35.6 Å². The van der Waals surface area contributed by atoms with E-state index in [2.05, 4.69) is 26.9 Å². The van der Waals surface area contributed by atoms with Crippen LogP contribution >= 0.6 is 0 Å². The van der Waals surface area contributed by atoms with Crippen LogP contribution in [0.25, 0.3) is 22.8 Å². The Labute approximate surface area is 184 Å². The zero-order valence-electron chi connectivity index (χ0n) is 17.6. The fourth-order valence-electron chi connectivity index (χ4n) is 3.50. The maximum atomic E-state index is 12.1. The number of carboxylic acid groups (broad SMARTS) is 1. The van der Waals surface area contributed by atoms with Gasteiger partial charge in [0.1, 0.15) is 0 Å². The van der Waals surface area contributed by atoms with E-state index < -0.39 is 17.5 Å². The molecule has 1 atom stereocenters. The normalized spacial score (nSPS) is 17.8. The lowest BCUT2D eigenvalue weighted by Gasteiger charge is -2.13. The van der Waals surface area contributed by atoms with Gasteiger partial charge in [0.2, 0.25) is 5.60 Å². The minimum atomic E-state index is -1.70. The molecular weight excluding hydrogens is 410 g/mol. The molecule has 9 heteroatoms. The van der Waals surface area contributed by atoms with Gasteiger partial charge in [0, 0.05) is 43.9 Å². The number of hydrogen-bond acceptors (Lipinski definition) is 6. The Balaban J connectivity index is 1.74. The minimum absolute atomic E-state index is 0.140. The van der Waals surface area contributed by atoms with Crippen molar-refractivity contribution in [3.63, 3.8) is 0 Å². The number of hydrogen-bond donors (Lipinski definition) is 2. The lowest BCUT2D eigenvalue weighted by molar-refractivity contribution is -0.137. The van der Waals surface area contributed by atoms with Gasteiger partial charge in [-0.15, -0.1) is 0 Å². The van der Waals surface area contributed by atoms with Gasteiger partial charge < -0.3 is 15.1 Å². The van der Waals surface area contributed by atoms with Gasteiger partial charge in [-0.25, -0.2) is 14.8 Å². The lowest BCUT2D eigenvalue weighted by atomic mass is 10.0. The largest absolute Gasteiger partial charge is 0.477 e. The molecule has 2 N–H and O–H groups in total. The molecule has 1 fully saturated rings. The van der Waals surface area contributed by atoms with E-state index in [0.717, 1.165) is 0 Å².